The van der Waals surface area contributed by atoms with Gasteiger partial charge in [-0.25, -0.2) is 13.1 Å². The van der Waals surface area contributed by atoms with E-state index in [1.165, 1.54) is 0 Å². The van der Waals surface area contributed by atoms with E-state index in [0.29, 0.717) is 10.6 Å². The van der Waals surface area contributed by atoms with E-state index in [1.807, 2.05) is 50.2 Å². The van der Waals surface area contributed by atoms with Crippen molar-refractivity contribution in [3.05, 3.63) is 58.7 Å². The molecule has 6 heteroatoms. The first-order valence-corrected chi connectivity index (χ1v) is 11.5. The van der Waals surface area contributed by atoms with E-state index in [-0.39, 0.29) is 23.8 Å². The Bertz CT molecular complexity index is 1010. The number of rotatable bonds is 6. The molecule has 0 saturated heterocycles. The summed E-state index contributed by atoms with van der Waals surface area (Å²) in [6, 6.07) is 11.2. The highest BCUT2D eigenvalue weighted by Gasteiger charge is 2.29. The van der Waals surface area contributed by atoms with Gasteiger partial charge in [-0.3, -0.25) is 4.79 Å². The molecule has 1 fully saturated rings. The standard InChI is InChI=1S/C23H30N2O3S/c1-15-11-19(23(3,4)5)12-16(2)21(15)29(27,28)24-14-17-7-6-8-20(13-17)25-22(26)18-9-10-18/h6-8,11-13,18,24H,9-10,14H2,1-5H3,(H,25,26). The van der Waals surface area contributed by atoms with Crippen molar-refractivity contribution in [1.29, 1.82) is 0 Å². The lowest BCUT2D eigenvalue weighted by molar-refractivity contribution is -0.117. The molecule has 0 aliphatic heterocycles. The molecule has 0 atom stereocenters. The van der Waals surface area contributed by atoms with Crippen LogP contribution in [-0.2, 0) is 26.8 Å². The molecule has 0 heterocycles. The van der Waals surface area contributed by atoms with Gasteiger partial charge in [0.2, 0.25) is 15.9 Å². The highest BCUT2D eigenvalue weighted by molar-refractivity contribution is 7.89. The second kappa shape index (κ2) is 7.92. The van der Waals surface area contributed by atoms with Crippen molar-refractivity contribution < 1.29 is 13.2 Å². The zero-order valence-corrected chi connectivity index (χ0v) is 18.6. The topological polar surface area (TPSA) is 75.3 Å². The zero-order chi connectivity index (χ0) is 21.4. The summed E-state index contributed by atoms with van der Waals surface area (Å²) in [5.41, 5.74) is 4.05. The minimum atomic E-state index is -3.66. The molecule has 0 unspecified atom stereocenters. The monoisotopic (exact) mass is 414 g/mol. The molecule has 3 rings (SSSR count). The molecule has 0 radical (unpaired) electrons. The number of hydrogen-bond acceptors (Lipinski definition) is 3. The fourth-order valence-corrected chi connectivity index (χ4v) is 4.87. The van der Waals surface area contributed by atoms with E-state index in [9.17, 15) is 13.2 Å². The quantitative estimate of drug-likeness (QED) is 0.734. The van der Waals surface area contributed by atoms with E-state index in [1.54, 1.807) is 0 Å². The molecule has 0 aromatic heterocycles. The Balaban J connectivity index is 1.76. The number of nitrogens with one attached hydrogen (secondary N) is 2. The summed E-state index contributed by atoms with van der Waals surface area (Å²) in [6.07, 6.45) is 1.88. The van der Waals surface area contributed by atoms with Crippen LogP contribution in [-0.4, -0.2) is 14.3 Å². The largest absolute Gasteiger partial charge is 0.326 e. The zero-order valence-electron chi connectivity index (χ0n) is 17.8. The molecule has 5 nitrogen and oxygen atoms in total. The molecular weight excluding hydrogens is 384 g/mol. The van der Waals surface area contributed by atoms with Crippen molar-refractivity contribution >= 4 is 21.6 Å². The lowest BCUT2D eigenvalue weighted by Gasteiger charge is -2.22. The van der Waals surface area contributed by atoms with Crippen LogP contribution in [0.5, 0.6) is 0 Å². The number of amides is 1. The van der Waals surface area contributed by atoms with Crippen LogP contribution < -0.4 is 10.0 Å². The number of hydrogen-bond donors (Lipinski definition) is 2. The van der Waals surface area contributed by atoms with Crippen LogP contribution in [0.1, 0.15) is 55.9 Å². The second-order valence-corrected chi connectivity index (χ2v) is 10.7. The minimum absolute atomic E-state index is 0.0351. The van der Waals surface area contributed by atoms with Crippen LogP contribution in [0.4, 0.5) is 5.69 Å². The fourth-order valence-electron chi connectivity index (χ4n) is 3.41. The van der Waals surface area contributed by atoms with Crippen LogP contribution in [0.15, 0.2) is 41.3 Å². The normalized spacial score (nSPS) is 14.7. The molecule has 1 aliphatic carbocycles. The molecule has 2 N–H and O–H groups in total. The fraction of sp³-hybridized carbons (Fsp3) is 0.435. The lowest BCUT2D eigenvalue weighted by atomic mass is 9.85. The van der Waals surface area contributed by atoms with Crippen molar-refractivity contribution in [2.45, 2.75) is 64.3 Å². The van der Waals surface area contributed by atoms with Crippen LogP contribution in [0.2, 0.25) is 0 Å². The van der Waals surface area contributed by atoms with Crippen molar-refractivity contribution in [2.24, 2.45) is 5.92 Å². The first kappa shape index (κ1) is 21.5. The van der Waals surface area contributed by atoms with Gasteiger partial charge in [-0.15, -0.1) is 0 Å². The van der Waals surface area contributed by atoms with Gasteiger partial charge in [0.1, 0.15) is 0 Å². The predicted molar refractivity (Wildman–Crippen MR) is 116 cm³/mol. The van der Waals surface area contributed by atoms with Gasteiger partial charge in [0.15, 0.2) is 0 Å². The van der Waals surface area contributed by atoms with Crippen molar-refractivity contribution in [1.82, 2.24) is 4.72 Å². The Morgan fingerprint density at radius 1 is 1.07 bits per heavy atom. The first-order valence-electron chi connectivity index (χ1n) is 9.98. The maximum absolute atomic E-state index is 13.0. The highest BCUT2D eigenvalue weighted by atomic mass is 32.2. The van der Waals surface area contributed by atoms with Gasteiger partial charge in [0, 0.05) is 18.2 Å². The number of aryl methyl sites for hydroxylation is 2. The smallest absolute Gasteiger partial charge is 0.241 e. The third-order valence-corrected chi connectivity index (χ3v) is 6.91. The Labute approximate surface area is 174 Å². The maximum atomic E-state index is 13.0. The first-order chi connectivity index (χ1) is 13.5. The van der Waals surface area contributed by atoms with E-state index in [4.69, 9.17) is 0 Å². The van der Waals surface area contributed by atoms with Crippen LogP contribution in [0.25, 0.3) is 0 Å². The molecule has 2 aromatic carbocycles. The average molecular weight is 415 g/mol. The Kier molecular flexibility index (Phi) is 5.88. The third kappa shape index (κ3) is 5.25. The maximum Gasteiger partial charge on any atom is 0.241 e. The van der Waals surface area contributed by atoms with Gasteiger partial charge in [-0.1, -0.05) is 45.0 Å². The van der Waals surface area contributed by atoms with E-state index < -0.39 is 10.0 Å². The van der Waals surface area contributed by atoms with Gasteiger partial charge in [-0.05, 0) is 66.5 Å². The second-order valence-electron chi connectivity index (χ2n) is 8.98. The van der Waals surface area contributed by atoms with Crippen LogP contribution >= 0.6 is 0 Å². The summed E-state index contributed by atoms with van der Waals surface area (Å²) in [5.74, 6) is 0.159. The predicted octanol–water partition coefficient (Wildman–Crippen LogP) is 4.43. The van der Waals surface area contributed by atoms with E-state index >= 15 is 0 Å². The van der Waals surface area contributed by atoms with Crippen LogP contribution in [0, 0.1) is 19.8 Å². The Morgan fingerprint density at radius 2 is 1.69 bits per heavy atom. The number of sulfonamides is 1. The average Bonchev–Trinajstić information content (AvgIpc) is 3.44. The van der Waals surface area contributed by atoms with Crippen molar-refractivity contribution in [3.8, 4) is 0 Å². The minimum Gasteiger partial charge on any atom is -0.326 e. The summed E-state index contributed by atoms with van der Waals surface area (Å²) in [5, 5.41) is 2.90. The molecular formula is C23H30N2O3S. The molecule has 1 saturated carbocycles. The summed E-state index contributed by atoms with van der Waals surface area (Å²) in [7, 11) is -3.66. The van der Waals surface area contributed by atoms with E-state index in [0.717, 1.165) is 35.1 Å². The molecule has 1 aliphatic rings. The van der Waals surface area contributed by atoms with Gasteiger partial charge >= 0.3 is 0 Å². The lowest BCUT2D eigenvalue weighted by Crippen LogP contribution is -2.25. The molecule has 29 heavy (non-hydrogen) atoms. The number of benzene rings is 2. The summed E-state index contributed by atoms with van der Waals surface area (Å²) in [4.78, 5) is 12.3. The SMILES string of the molecule is Cc1cc(C(C)(C)C)cc(C)c1S(=O)(=O)NCc1cccc(NC(=O)C2CC2)c1. The number of carbonyl (C=O) groups is 1. The molecule has 2 aromatic rings. The van der Waals surface area contributed by atoms with E-state index in [2.05, 4.69) is 30.8 Å². The Morgan fingerprint density at radius 3 is 2.24 bits per heavy atom. The molecule has 0 bridgehead atoms. The molecule has 0 spiro atoms. The highest BCUT2D eigenvalue weighted by Crippen LogP contribution is 2.31. The van der Waals surface area contributed by atoms with Crippen molar-refractivity contribution in [3.63, 3.8) is 0 Å². The van der Waals surface area contributed by atoms with Crippen molar-refractivity contribution in [2.75, 3.05) is 5.32 Å². The van der Waals surface area contributed by atoms with Gasteiger partial charge < -0.3 is 5.32 Å². The third-order valence-electron chi connectivity index (χ3n) is 5.20. The van der Waals surface area contributed by atoms with Gasteiger partial charge in [0.05, 0.1) is 4.90 Å². The van der Waals surface area contributed by atoms with Crippen LogP contribution in [0.3, 0.4) is 0 Å². The van der Waals surface area contributed by atoms with Gasteiger partial charge in [-0.2, -0.15) is 0 Å². The number of carbonyl (C=O) groups excluding carboxylic acids is 1. The summed E-state index contributed by atoms with van der Waals surface area (Å²) < 4.78 is 28.7. The van der Waals surface area contributed by atoms with Gasteiger partial charge in [0.25, 0.3) is 0 Å². The Hall–Kier alpha value is -2.18. The molecule has 1 amide bonds. The summed E-state index contributed by atoms with van der Waals surface area (Å²) in [6.45, 7) is 10.2. The summed E-state index contributed by atoms with van der Waals surface area (Å²) >= 11 is 0. The number of anilines is 1. The molecule has 156 valence electrons.